The number of benzene rings is 1. The molecule has 2 bridgehead atoms. The third kappa shape index (κ3) is 5.31. The van der Waals surface area contributed by atoms with E-state index in [9.17, 15) is 0 Å². The van der Waals surface area contributed by atoms with E-state index in [2.05, 4.69) is 74.4 Å². The molecule has 7 heteroatoms. The van der Waals surface area contributed by atoms with E-state index < -0.39 is 0 Å². The Hall–Kier alpha value is -3.81. The van der Waals surface area contributed by atoms with Crippen LogP contribution in [0, 0.1) is 0 Å². The number of nitrogens with one attached hydrogen (secondary N) is 1. The molecule has 4 aromatic rings. The van der Waals surface area contributed by atoms with Crippen molar-refractivity contribution in [2.24, 2.45) is 0 Å². The predicted octanol–water partition coefficient (Wildman–Crippen LogP) is 6.40. The standard InChI is InChI=1S/C29H29N7.2C2H6/c30-27-24(7-4-14-32-27)28-34-26-13-12-25(20-5-2-1-3-6-20)33-29(26)36(28)21-10-8-19(9-11-21)18-35-22-15-23(35)17-31-16-22;2*1-2/h2,4-14,22-23,31H,1,3,15-18H2,(H2,30,32);2*1-2H3. The maximum atomic E-state index is 6.30. The first-order valence-corrected chi connectivity index (χ1v) is 14.8. The normalized spacial score (nSPS) is 19.6. The first-order valence-electron chi connectivity index (χ1n) is 14.8. The van der Waals surface area contributed by atoms with Crippen LogP contribution in [0.5, 0.6) is 0 Å². The average Bonchev–Trinajstić information content (AvgIpc) is 3.41. The molecule has 2 fully saturated rings. The van der Waals surface area contributed by atoms with Crippen molar-refractivity contribution in [3.05, 3.63) is 84.2 Å². The number of rotatable bonds is 5. The molecule has 0 amide bonds. The van der Waals surface area contributed by atoms with Crippen LogP contribution in [0.3, 0.4) is 0 Å². The minimum Gasteiger partial charge on any atom is -0.383 e. The van der Waals surface area contributed by atoms with Crippen LogP contribution in [-0.2, 0) is 6.54 Å². The zero-order valence-corrected chi connectivity index (χ0v) is 24.1. The van der Waals surface area contributed by atoms with Gasteiger partial charge in [-0.05, 0) is 66.8 Å². The molecule has 3 aliphatic rings. The number of hydrogen-bond acceptors (Lipinski definition) is 6. The van der Waals surface area contributed by atoms with Crippen molar-refractivity contribution >= 4 is 22.6 Å². The number of anilines is 1. The van der Waals surface area contributed by atoms with E-state index in [0.717, 1.165) is 72.0 Å². The van der Waals surface area contributed by atoms with Gasteiger partial charge in [-0.25, -0.2) is 15.0 Å². The Morgan fingerprint density at radius 3 is 2.38 bits per heavy atom. The molecule has 1 aliphatic carbocycles. The smallest absolute Gasteiger partial charge is 0.165 e. The van der Waals surface area contributed by atoms with Crippen molar-refractivity contribution in [3.8, 4) is 17.1 Å². The molecular weight excluding hydrogens is 494 g/mol. The molecule has 40 heavy (non-hydrogen) atoms. The lowest BCUT2D eigenvalue weighted by Gasteiger charge is -2.53. The van der Waals surface area contributed by atoms with Gasteiger partial charge in [0.2, 0.25) is 0 Å². The van der Waals surface area contributed by atoms with Gasteiger partial charge in [-0.2, -0.15) is 0 Å². The van der Waals surface area contributed by atoms with Gasteiger partial charge in [0.05, 0.1) is 11.3 Å². The number of piperidine rings is 1. The van der Waals surface area contributed by atoms with Crippen molar-refractivity contribution in [1.82, 2.24) is 29.7 Å². The molecule has 0 spiro atoms. The maximum absolute atomic E-state index is 6.30. The number of allylic oxidation sites excluding steroid dienone is 4. The predicted molar refractivity (Wildman–Crippen MR) is 166 cm³/mol. The first kappa shape index (κ1) is 27.7. The number of pyridine rings is 2. The number of nitrogen functional groups attached to an aromatic ring is 1. The Morgan fingerprint density at radius 1 is 0.925 bits per heavy atom. The summed E-state index contributed by atoms with van der Waals surface area (Å²) in [6.45, 7) is 11.2. The third-order valence-corrected chi connectivity index (χ3v) is 7.68. The van der Waals surface area contributed by atoms with E-state index in [0.29, 0.717) is 17.9 Å². The molecule has 3 N–H and O–H groups in total. The molecule has 3 aromatic heterocycles. The second-order valence-electron chi connectivity index (χ2n) is 9.93. The van der Waals surface area contributed by atoms with Gasteiger partial charge in [-0.3, -0.25) is 9.47 Å². The zero-order valence-electron chi connectivity index (χ0n) is 24.1. The molecular formula is C33H41N7. The van der Waals surface area contributed by atoms with E-state index in [-0.39, 0.29) is 0 Å². The lowest BCUT2D eigenvalue weighted by atomic mass is 9.88. The Balaban J connectivity index is 0.000000774. The number of imidazole rings is 1. The summed E-state index contributed by atoms with van der Waals surface area (Å²) in [7, 11) is 0. The molecule has 0 radical (unpaired) electrons. The van der Waals surface area contributed by atoms with Crippen LogP contribution >= 0.6 is 0 Å². The summed E-state index contributed by atoms with van der Waals surface area (Å²) >= 11 is 0. The largest absolute Gasteiger partial charge is 0.383 e. The van der Waals surface area contributed by atoms with Crippen molar-refractivity contribution in [3.63, 3.8) is 0 Å². The summed E-state index contributed by atoms with van der Waals surface area (Å²) in [4.78, 5) is 17.0. The van der Waals surface area contributed by atoms with E-state index in [1.165, 1.54) is 12.0 Å². The van der Waals surface area contributed by atoms with Gasteiger partial charge >= 0.3 is 0 Å². The molecule has 2 unspecified atom stereocenters. The zero-order chi connectivity index (χ0) is 28.1. The van der Waals surface area contributed by atoms with Gasteiger partial charge in [0.15, 0.2) is 11.5 Å². The SMILES string of the molecule is CC.CC.Nc1ncccc1-c1nc2ccc(C3=CCCC=C3)nc2n1-c1ccc(CN2C3CNCC2C3)cc1. The average molecular weight is 536 g/mol. The topological polar surface area (TPSA) is 84.9 Å². The van der Waals surface area contributed by atoms with Crippen LogP contribution in [0.2, 0.25) is 0 Å². The highest BCUT2D eigenvalue weighted by molar-refractivity contribution is 5.85. The number of aromatic nitrogens is 4. The van der Waals surface area contributed by atoms with Crippen LogP contribution < -0.4 is 11.1 Å². The molecule has 2 saturated heterocycles. The van der Waals surface area contributed by atoms with Gasteiger partial charge in [-0.1, -0.05) is 58.1 Å². The van der Waals surface area contributed by atoms with Gasteiger partial charge in [0, 0.05) is 43.6 Å². The molecule has 1 aromatic carbocycles. The van der Waals surface area contributed by atoms with E-state index >= 15 is 0 Å². The van der Waals surface area contributed by atoms with Gasteiger partial charge in [0.25, 0.3) is 0 Å². The summed E-state index contributed by atoms with van der Waals surface area (Å²) in [6.07, 6.45) is 11.8. The minimum absolute atomic E-state index is 0.460. The Morgan fingerprint density at radius 2 is 1.70 bits per heavy atom. The molecule has 0 saturated carbocycles. The highest BCUT2D eigenvalue weighted by Crippen LogP contribution is 2.33. The summed E-state index contributed by atoms with van der Waals surface area (Å²) < 4.78 is 2.12. The summed E-state index contributed by atoms with van der Waals surface area (Å²) in [5.41, 5.74) is 13.2. The second-order valence-corrected chi connectivity index (χ2v) is 9.93. The second kappa shape index (κ2) is 12.6. The maximum Gasteiger partial charge on any atom is 0.165 e. The minimum atomic E-state index is 0.460. The van der Waals surface area contributed by atoms with Gasteiger partial charge in [-0.15, -0.1) is 0 Å². The molecule has 2 atom stereocenters. The van der Waals surface area contributed by atoms with E-state index in [1.807, 2.05) is 39.8 Å². The molecule has 5 heterocycles. The van der Waals surface area contributed by atoms with E-state index in [1.54, 1.807) is 6.20 Å². The fourth-order valence-corrected chi connectivity index (χ4v) is 5.74. The Labute approximate surface area is 237 Å². The van der Waals surface area contributed by atoms with Gasteiger partial charge in [0.1, 0.15) is 11.3 Å². The van der Waals surface area contributed by atoms with Crippen molar-refractivity contribution < 1.29 is 0 Å². The van der Waals surface area contributed by atoms with Crippen LogP contribution in [0.15, 0.2) is 73.0 Å². The van der Waals surface area contributed by atoms with Crippen LogP contribution in [0.25, 0.3) is 33.8 Å². The number of fused-ring (bicyclic) bond motifs is 3. The fraction of sp³-hybridized carbons (Fsp3) is 0.364. The summed E-state index contributed by atoms with van der Waals surface area (Å²) in [6, 6.07) is 18.1. The first-order chi connectivity index (χ1) is 19.7. The fourth-order valence-electron chi connectivity index (χ4n) is 5.74. The molecule has 2 aliphatic heterocycles. The quantitative estimate of drug-likeness (QED) is 0.308. The molecule has 7 rings (SSSR count). The van der Waals surface area contributed by atoms with Crippen LogP contribution in [0.1, 0.15) is 58.2 Å². The van der Waals surface area contributed by atoms with Crippen LogP contribution in [-0.4, -0.2) is 49.6 Å². The highest BCUT2D eigenvalue weighted by atomic mass is 15.3. The van der Waals surface area contributed by atoms with Crippen molar-refractivity contribution in [2.45, 2.75) is 65.6 Å². The number of hydrogen-bond donors (Lipinski definition) is 2. The third-order valence-electron chi connectivity index (χ3n) is 7.68. The number of nitrogens with two attached hydrogens (primary N) is 1. The van der Waals surface area contributed by atoms with Crippen molar-refractivity contribution in [1.29, 1.82) is 0 Å². The lowest BCUT2D eigenvalue weighted by Crippen LogP contribution is -2.67. The summed E-state index contributed by atoms with van der Waals surface area (Å²) in [5.74, 6) is 1.21. The summed E-state index contributed by atoms with van der Waals surface area (Å²) in [5, 5.41) is 3.52. The van der Waals surface area contributed by atoms with Gasteiger partial charge < -0.3 is 11.1 Å². The highest BCUT2D eigenvalue weighted by Gasteiger charge is 2.40. The number of piperazine rings is 1. The molecule has 7 nitrogen and oxygen atoms in total. The lowest BCUT2D eigenvalue weighted by molar-refractivity contribution is -0.0206. The Bertz CT molecular complexity index is 1490. The monoisotopic (exact) mass is 535 g/mol. The van der Waals surface area contributed by atoms with Crippen LogP contribution in [0.4, 0.5) is 5.82 Å². The number of nitrogens with zero attached hydrogens (tertiary/aromatic N) is 5. The van der Waals surface area contributed by atoms with E-state index in [4.69, 9.17) is 15.7 Å². The van der Waals surface area contributed by atoms with Crippen molar-refractivity contribution in [2.75, 3.05) is 18.8 Å². The molecule has 208 valence electrons. The Kier molecular flexibility index (Phi) is 8.72.